The maximum Gasteiger partial charge on any atom is 0.339 e. The Morgan fingerprint density at radius 3 is 2.14 bits per heavy atom. The number of rotatable bonds is 10. The summed E-state index contributed by atoms with van der Waals surface area (Å²) in [5, 5.41) is 0. The Hall–Kier alpha value is -3.59. The number of hydrogen-bond donors (Lipinski definition) is 0. The summed E-state index contributed by atoms with van der Waals surface area (Å²) in [5.74, 6) is 0.294. The van der Waals surface area contributed by atoms with Crippen LogP contribution in [0.15, 0.2) is 71.6 Å². The molecule has 35 heavy (non-hydrogen) atoms. The van der Waals surface area contributed by atoms with Crippen molar-refractivity contribution in [3.63, 3.8) is 0 Å². The summed E-state index contributed by atoms with van der Waals surface area (Å²) < 4.78 is 54.4. The molecule has 0 heterocycles. The summed E-state index contributed by atoms with van der Waals surface area (Å²) in [4.78, 5) is 14.7. The molecular weight excluding hydrogens is 473 g/mol. The van der Waals surface area contributed by atoms with Gasteiger partial charge in [-0.3, -0.25) is 4.79 Å². The highest BCUT2D eigenvalue weighted by molar-refractivity contribution is 7.87. The predicted molar refractivity (Wildman–Crippen MR) is 130 cm³/mol. The van der Waals surface area contributed by atoms with Crippen LogP contribution in [0.1, 0.15) is 29.8 Å². The van der Waals surface area contributed by atoms with E-state index in [-0.39, 0.29) is 34.8 Å². The van der Waals surface area contributed by atoms with Gasteiger partial charge in [0.25, 0.3) is 5.91 Å². The normalized spacial score (nSPS) is 11.3. The van der Waals surface area contributed by atoms with E-state index in [0.29, 0.717) is 23.4 Å². The number of carbonyl (C=O) groups is 1. The fourth-order valence-corrected chi connectivity index (χ4v) is 4.38. The third-order valence-electron chi connectivity index (χ3n) is 5.11. The zero-order chi connectivity index (χ0) is 25.6. The Labute approximate surface area is 205 Å². The van der Waals surface area contributed by atoms with Crippen LogP contribution in [0.5, 0.6) is 17.2 Å². The number of carbonyl (C=O) groups excluding carboxylic acids is 1. The lowest BCUT2D eigenvalue weighted by molar-refractivity contribution is 0.0722. The van der Waals surface area contributed by atoms with Crippen LogP contribution in [0, 0.1) is 11.7 Å². The molecule has 3 aromatic rings. The fourth-order valence-electron chi connectivity index (χ4n) is 3.45. The Morgan fingerprint density at radius 2 is 1.57 bits per heavy atom. The number of methoxy groups -OCH3 is 2. The van der Waals surface area contributed by atoms with Crippen LogP contribution in [0.2, 0.25) is 0 Å². The zero-order valence-electron chi connectivity index (χ0n) is 20.0. The summed E-state index contributed by atoms with van der Waals surface area (Å²) in [6.45, 7) is 4.72. The molecule has 186 valence electrons. The highest BCUT2D eigenvalue weighted by Gasteiger charge is 2.22. The van der Waals surface area contributed by atoms with Gasteiger partial charge in [0.2, 0.25) is 0 Å². The van der Waals surface area contributed by atoms with Crippen molar-refractivity contribution in [1.82, 2.24) is 4.90 Å². The number of benzene rings is 3. The van der Waals surface area contributed by atoms with E-state index in [1.54, 1.807) is 48.4 Å². The Balaban J connectivity index is 1.88. The monoisotopic (exact) mass is 501 g/mol. The molecule has 0 aliphatic rings. The molecule has 0 saturated heterocycles. The minimum atomic E-state index is -4.23. The van der Waals surface area contributed by atoms with Gasteiger partial charge in [0, 0.05) is 18.7 Å². The van der Waals surface area contributed by atoms with E-state index >= 15 is 0 Å². The Bertz CT molecular complexity index is 1260. The molecule has 0 aliphatic heterocycles. The zero-order valence-corrected chi connectivity index (χ0v) is 20.8. The minimum absolute atomic E-state index is 0.0317. The van der Waals surface area contributed by atoms with Gasteiger partial charge in [0.1, 0.15) is 16.5 Å². The first-order valence-corrected chi connectivity index (χ1v) is 12.3. The van der Waals surface area contributed by atoms with Crippen molar-refractivity contribution in [1.29, 1.82) is 0 Å². The molecule has 7 nitrogen and oxygen atoms in total. The standard InChI is InChI=1S/C26H28FNO6S/c1-18(2)16-28(26(29)20-6-10-22(32-3)11-7-20)17-19-5-14-24(33-4)25(15-19)34-35(30,31)23-12-8-21(27)9-13-23/h5-15,18H,16-17H2,1-4H3. The van der Waals surface area contributed by atoms with Crippen LogP contribution < -0.4 is 13.7 Å². The van der Waals surface area contributed by atoms with Crippen molar-refractivity contribution < 1.29 is 31.3 Å². The van der Waals surface area contributed by atoms with Gasteiger partial charge in [-0.05, 0) is 72.1 Å². The molecule has 0 N–H and O–H groups in total. The van der Waals surface area contributed by atoms with Gasteiger partial charge in [0.15, 0.2) is 11.5 Å². The van der Waals surface area contributed by atoms with Crippen molar-refractivity contribution >= 4 is 16.0 Å². The molecular formula is C26H28FNO6S. The molecule has 0 atom stereocenters. The van der Waals surface area contributed by atoms with Crippen molar-refractivity contribution in [2.24, 2.45) is 5.92 Å². The average Bonchev–Trinajstić information content (AvgIpc) is 2.83. The first kappa shape index (κ1) is 26.0. The van der Waals surface area contributed by atoms with Crippen LogP contribution in [0.3, 0.4) is 0 Å². The summed E-state index contributed by atoms with van der Waals surface area (Å²) in [6, 6.07) is 16.0. The molecule has 0 aromatic heterocycles. The van der Waals surface area contributed by atoms with Crippen molar-refractivity contribution in [3.05, 3.63) is 83.7 Å². The van der Waals surface area contributed by atoms with Crippen LogP contribution in [-0.2, 0) is 16.7 Å². The maximum absolute atomic E-state index is 13.2. The van der Waals surface area contributed by atoms with Gasteiger partial charge in [0.05, 0.1) is 14.2 Å². The molecule has 0 unspecified atom stereocenters. The van der Waals surface area contributed by atoms with E-state index in [2.05, 4.69) is 0 Å². The average molecular weight is 502 g/mol. The molecule has 1 amide bonds. The Morgan fingerprint density at radius 1 is 0.914 bits per heavy atom. The molecule has 9 heteroatoms. The van der Waals surface area contributed by atoms with Crippen molar-refractivity contribution in [3.8, 4) is 17.2 Å². The molecule has 0 fully saturated rings. The predicted octanol–water partition coefficient (Wildman–Crippen LogP) is 4.91. The third-order valence-corrected chi connectivity index (χ3v) is 6.36. The summed E-state index contributed by atoms with van der Waals surface area (Å²) in [6.07, 6.45) is 0. The Kier molecular flexibility index (Phi) is 8.34. The van der Waals surface area contributed by atoms with Gasteiger partial charge in [-0.25, -0.2) is 4.39 Å². The third kappa shape index (κ3) is 6.73. The van der Waals surface area contributed by atoms with E-state index < -0.39 is 15.9 Å². The maximum atomic E-state index is 13.2. The van der Waals surface area contributed by atoms with Gasteiger partial charge in [-0.1, -0.05) is 19.9 Å². The van der Waals surface area contributed by atoms with E-state index in [0.717, 1.165) is 24.3 Å². The van der Waals surface area contributed by atoms with Crippen molar-refractivity contribution in [2.75, 3.05) is 20.8 Å². The number of amides is 1. The highest BCUT2D eigenvalue weighted by Crippen LogP contribution is 2.31. The lowest BCUT2D eigenvalue weighted by Gasteiger charge is -2.25. The quantitative estimate of drug-likeness (QED) is 0.367. The summed E-state index contributed by atoms with van der Waals surface area (Å²) >= 11 is 0. The van der Waals surface area contributed by atoms with Gasteiger partial charge in [-0.2, -0.15) is 8.42 Å². The molecule has 0 saturated carbocycles. The van der Waals surface area contributed by atoms with Crippen LogP contribution in [0.25, 0.3) is 0 Å². The number of ether oxygens (including phenoxy) is 2. The molecule has 0 bridgehead atoms. The first-order chi connectivity index (χ1) is 16.6. The highest BCUT2D eigenvalue weighted by atomic mass is 32.2. The SMILES string of the molecule is COc1ccc(C(=O)N(Cc2ccc(OC)c(OS(=O)(=O)c3ccc(F)cc3)c2)CC(C)C)cc1. The fraction of sp³-hybridized carbons (Fsp3) is 0.269. The van der Waals surface area contributed by atoms with Gasteiger partial charge in [-0.15, -0.1) is 0 Å². The molecule has 0 radical (unpaired) electrons. The van der Waals surface area contributed by atoms with Crippen LogP contribution in [-0.4, -0.2) is 40.0 Å². The van der Waals surface area contributed by atoms with Crippen LogP contribution >= 0.6 is 0 Å². The largest absolute Gasteiger partial charge is 0.497 e. The van der Waals surface area contributed by atoms with E-state index in [1.807, 2.05) is 13.8 Å². The van der Waals surface area contributed by atoms with E-state index in [4.69, 9.17) is 13.7 Å². The number of nitrogens with zero attached hydrogens (tertiary/aromatic N) is 1. The molecule has 3 aromatic carbocycles. The molecule has 0 aliphatic carbocycles. The number of hydrogen-bond acceptors (Lipinski definition) is 6. The van der Waals surface area contributed by atoms with E-state index in [9.17, 15) is 17.6 Å². The summed E-state index contributed by atoms with van der Waals surface area (Å²) in [5.41, 5.74) is 1.16. The lowest BCUT2D eigenvalue weighted by Crippen LogP contribution is -2.33. The second kappa shape index (κ2) is 11.2. The first-order valence-electron chi connectivity index (χ1n) is 10.9. The molecule has 3 rings (SSSR count). The van der Waals surface area contributed by atoms with Crippen LogP contribution in [0.4, 0.5) is 4.39 Å². The van der Waals surface area contributed by atoms with E-state index in [1.165, 1.54) is 13.2 Å². The lowest BCUT2D eigenvalue weighted by atomic mass is 10.1. The smallest absolute Gasteiger partial charge is 0.339 e. The molecule has 0 spiro atoms. The topological polar surface area (TPSA) is 82.1 Å². The second-order valence-electron chi connectivity index (χ2n) is 8.28. The van der Waals surface area contributed by atoms with Gasteiger partial charge >= 0.3 is 10.1 Å². The van der Waals surface area contributed by atoms with Gasteiger partial charge < -0.3 is 18.6 Å². The second-order valence-corrected chi connectivity index (χ2v) is 9.83. The number of halogens is 1. The van der Waals surface area contributed by atoms with Crippen molar-refractivity contribution in [2.45, 2.75) is 25.3 Å². The minimum Gasteiger partial charge on any atom is -0.497 e. The summed E-state index contributed by atoms with van der Waals surface area (Å²) in [7, 11) is -1.28.